The van der Waals surface area contributed by atoms with E-state index in [0.717, 1.165) is 0 Å². The first-order valence-corrected chi connectivity index (χ1v) is 18.1. The molecule has 0 fully saturated rings. The SMILES string of the molecule is CCC[CH2][Sn]([CH2]CCC)([CH2]CCC)/[C](=C/CO)c1ccccc1COC. The zero-order valence-electron chi connectivity index (χ0n) is 17.5. The van der Waals surface area contributed by atoms with Crippen LogP contribution in [0.5, 0.6) is 0 Å². The summed E-state index contributed by atoms with van der Waals surface area (Å²) in [6.45, 7) is 7.73. The van der Waals surface area contributed by atoms with E-state index < -0.39 is 18.4 Å². The third kappa shape index (κ3) is 7.01. The molecule has 0 saturated carbocycles. The van der Waals surface area contributed by atoms with Crippen LogP contribution in [0.15, 0.2) is 30.3 Å². The molecule has 0 saturated heterocycles. The van der Waals surface area contributed by atoms with Gasteiger partial charge in [0.1, 0.15) is 0 Å². The predicted molar refractivity (Wildman–Crippen MR) is 117 cm³/mol. The van der Waals surface area contributed by atoms with Crippen molar-refractivity contribution >= 4 is 22.0 Å². The van der Waals surface area contributed by atoms with Gasteiger partial charge < -0.3 is 0 Å². The Balaban J connectivity index is 3.44. The molecule has 0 aliphatic heterocycles. The van der Waals surface area contributed by atoms with E-state index in [2.05, 4.69) is 51.1 Å². The van der Waals surface area contributed by atoms with Crippen LogP contribution < -0.4 is 0 Å². The van der Waals surface area contributed by atoms with Gasteiger partial charge >= 0.3 is 166 Å². The zero-order valence-corrected chi connectivity index (χ0v) is 20.4. The number of benzene rings is 1. The first-order chi connectivity index (χ1) is 12.7. The van der Waals surface area contributed by atoms with Crippen LogP contribution in [0, 0.1) is 0 Å². The Morgan fingerprint density at radius 1 is 0.962 bits per heavy atom. The Labute approximate surface area is 165 Å². The van der Waals surface area contributed by atoms with E-state index in [4.69, 9.17) is 4.74 Å². The number of rotatable bonds is 14. The second-order valence-electron chi connectivity index (χ2n) is 7.48. The number of unbranched alkanes of at least 4 members (excludes halogenated alkanes) is 3. The van der Waals surface area contributed by atoms with Crippen LogP contribution in [0.25, 0.3) is 3.59 Å². The molecule has 0 amide bonds. The Morgan fingerprint density at radius 3 is 1.96 bits per heavy atom. The molecule has 0 aliphatic carbocycles. The molecule has 0 heterocycles. The van der Waals surface area contributed by atoms with Crippen LogP contribution in [0.4, 0.5) is 0 Å². The van der Waals surface area contributed by atoms with Gasteiger partial charge in [0.05, 0.1) is 0 Å². The fourth-order valence-corrected chi connectivity index (χ4v) is 21.2. The summed E-state index contributed by atoms with van der Waals surface area (Å²) in [6, 6.07) is 8.72. The first kappa shape index (κ1) is 23.7. The Hall–Kier alpha value is -0.321. The van der Waals surface area contributed by atoms with E-state index in [1.54, 1.807) is 10.7 Å². The summed E-state index contributed by atoms with van der Waals surface area (Å²) in [5.41, 5.74) is 2.64. The summed E-state index contributed by atoms with van der Waals surface area (Å²) in [7, 11) is 1.77. The fourth-order valence-electron chi connectivity index (χ4n) is 4.09. The maximum atomic E-state index is 9.88. The van der Waals surface area contributed by atoms with E-state index in [9.17, 15) is 5.11 Å². The van der Waals surface area contributed by atoms with Gasteiger partial charge in [0.25, 0.3) is 0 Å². The molecule has 0 bridgehead atoms. The normalized spacial score (nSPS) is 12.6. The molecule has 0 aliphatic rings. The van der Waals surface area contributed by atoms with E-state index in [0.29, 0.717) is 6.61 Å². The monoisotopic (exact) mass is 468 g/mol. The fraction of sp³-hybridized carbons (Fsp3) is 0.652. The van der Waals surface area contributed by atoms with Crippen molar-refractivity contribution in [2.75, 3.05) is 13.7 Å². The molecule has 0 atom stereocenters. The Bertz CT molecular complexity index is 503. The van der Waals surface area contributed by atoms with Crippen molar-refractivity contribution in [2.24, 2.45) is 0 Å². The first-order valence-electron chi connectivity index (χ1n) is 10.6. The van der Waals surface area contributed by atoms with Gasteiger partial charge in [-0.3, -0.25) is 0 Å². The van der Waals surface area contributed by atoms with E-state index >= 15 is 0 Å². The zero-order chi connectivity index (χ0) is 19.3. The van der Waals surface area contributed by atoms with Crippen molar-refractivity contribution in [1.82, 2.24) is 0 Å². The molecular formula is C23H40O2Sn. The standard InChI is InChI=1S/C11H13O2.3C4H9.Sn/c1-13-9-11-6-3-2-5-10(11)7-4-8-12;3*1-3-4-2;/h2-6,12H,8-9H2,1H3;3*1,3-4H2,2H3;. The second kappa shape index (κ2) is 13.8. The van der Waals surface area contributed by atoms with Gasteiger partial charge in [0, 0.05) is 0 Å². The Kier molecular flexibility index (Phi) is 12.6. The van der Waals surface area contributed by atoms with Crippen molar-refractivity contribution in [1.29, 1.82) is 0 Å². The van der Waals surface area contributed by atoms with Crippen molar-refractivity contribution in [3.63, 3.8) is 0 Å². The molecular weight excluding hydrogens is 427 g/mol. The van der Waals surface area contributed by atoms with Crippen LogP contribution in [-0.2, 0) is 11.3 Å². The maximum absolute atomic E-state index is 9.88. The predicted octanol–water partition coefficient (Wildman–Crippen LogP) is 6.60. The van der Waals surface area contributed by atoms with Gasteiger partial charge in [-0.25, -0.2) is 0 Å². The summed E-state index contributed by atoms with van der Waals surface area (Å²) in [5.74, 6) is 0. The molecule has 1 N–H and O–H groups in total. The van der Waals surface area contributed by atoms with Crippen LogP contribution in [0.1, 0.15) is 70.4 Å². The Morgan fingerprint density at radius 2 is 1.50 bits per heavy atom. The summed E-state index contributed by atoms with van der Waals surface area (Å²) < 4.78 is 11.3. The van der Waals surface area contributed by atoms with Crippen molar-refractivity contribution in [3.8, 4) is 0 Å². The number of hydrogen-bond donors (Lipinski definition) is 1. The molecule has 0 spiro atoms. The topological polar surface area (TPSA) is 29.5 Å². The molecule has 0 unspecified atom stereocenters. The quantitative estimate of drug-likeness (QED) is 0.313. The number of hydrogen-bond acceptors (Lipinski definition) is 2. The average molecular weight is 467 g/mol. The molecule has 0 aromatic heterocycles. The van der Waals surface area contributed by atoms with E-state index in [1.165, 1.54) is 63.0 Å². The van der Waals surface area contributed by atoms with E-state index in [1.807, 2.05) is 0 Å². The number of aliphatic hydroxyl groups excluding tert-OH is 1. The molecule has 148 valence electrons. The third-order valence-corrected chi connectivity index (χ3v) is 21.3. The number of methoxy groups -OCH3 is 1. The average Bonchev–Trinajstić information content (AvgIpc) is 2.67. The molecule has 1 aromatic carbocycles. The van der Waals surface area contributed by atoms with Crippen molar-refractivity contribution in [3.05, 3.63) is 41.5 Å². The summed E-state index contributed by atoms with van der Waals surface area (Å²) in [6.07, 6.45) is 9.97. The van der Waals surface area contributed by atoms with Crippen molar-refractivity contribution in [2.45, 2.75) is 79.2 Å². The minimum absolute atomic E-state index is 0.152. The summed E-state index contributed by atoms with van der Waals surface area (Å²) in [4.78, 5) is 0. The van der Waals surface area contributed by atoms with Crippen LogP contribution in [0.2, 0.25) is 13.3 Å². The third-order valence-electron chi connectivity index (χ3n) is 5.50. The summed E-state index contributed by atoms with van der Waals surface area (Å²) >= 11 is -2.60. The molecule has 26 heavy (non-hydrogen) atoms. The molecule has 2 nitrogen and oxygen atoms in total. The van der Waals surface area contributed by atoms with Crippen LogP contribution in [-0.4, -0.2) is 37.2 Å². The van der Waals surface area contributed by atoms with Gasteiger partial charge in [-0.1, -0.05) is 0 Å². The van der Waals surface area contributed by atoms with Gasteiger partial charge in [-0.15, -0.1) is 0 Å². The van der Waals surface area contributed by atoms with Crippen molar-refractivity contribution < 1.29 is 9.84 Å². The minimum atomic E-state index is -2.60. The molecule has 1 aromatic rings. The van der Waals surface area contributed by atoms with Gasteiger partial charge in [-0.2, -0.15) is 0 Å². The summed E-state index contributed by atoms with van der Waals surface area (Å²) in [5, 5.41) is 9.88. The van der Waals surface area contributed by atoms with Gasteiger partial charge in [0.2, 0.25) is 0 Å². The molecule has 0 radical (unpaired) electrons. The van der Waals surface area contributed by atoms with Gasteiger partial charge in [0.15, 0.2) is 0 Å². The van der Waals surface area contributed by atoms with Crippen LogP contribution in [0.3, 0.4) is 0 Å². The van der Waals surface area contributed by atoms with Gasteiger partial charge in [-0.05, 0) is 0 Å². The molecule has 3 heteroatoms. The van der Waals surface area contributed by atoms with E-state index in [-0.39, 0.29) is 6.61 Å². The molecule has 1 rings (SSSR count). The second-order valence-corrected chi connectivity index (χ2v) is 20.6. The number of aliphatic hydroxyl groups is 1. The number of ether oxygens (including phenoxy) is 1. The van der Waals surface area contributed by atoms with Crippen LogP contribution >= 0.6 is 0 Å².